The Morgan fingerprint density at radius 2 is 1.89 bits per heavy atom. The maximum Gasteiger partial charge on any atom is 0.331 e. The molecule has 0 aliphatic heterocycles. The van der Waals surface area contributed by atoms with Gasteiger partial charge in [0, 0.05) is 11.1 Å². The molecule has 0 radical (unpaired) electrons. The molecule has 1 aromatic heterocycles. The van der Waals surface area contributed by atoms with Crippen molar-refractivity contribution in [3.63, 3.8) is 0 Å². The number of aryl methyl sites for hydroxylation is 1. The van der Waals surface area contributed by atoms with E-state index in [1.165, 1.54) is 11.3 Å². The molecule has 0 aliphatic carbocycles. The third-order valence-corrected chi connectivity index (χ3v) is 4.06. The monoisotopic (exact) mass is 289 g/mol. The summed E-state index contributed by atoms with van der Waals surface area (Å²) in [6.07, 6.45) is 0. The van der Waals surface area contributed by atoms with Gasteiger partial charge >= 0.3 is 11.9 Å². The highest BCUT2D eigenvalue weighted by Crippen LogP contribution is 2.28. The predicted molar refractivity (Wildman–Crippen MR) is 69.8 cm³/mol. The number of thiazole rings is 1. The first kappa shape index (κ1) is 15.0. The van der Waals surface area contributed by atoms with Gasteiger partial charge in [-0.1, -0.05) is 11.8 Å². The average Bonchev–Trinajstić information content (AvgIpc) is 2.72. The minimum absolute atomic E-state index is 0.228. The van der Waals surface area contributed by atoms with E-state index >= 15 is 0 Å². The first-order chi connectivity index (χ1) is 8.58. The first-order valence-electron chi connectivity index (χ1n) is 5.50. The lowest BCUT2D eigenvalue weighted by Crippen LogP contribution is -2.30. The van der Waals surface area contributed by atoms with Gasteiger partial charge in [-0.2, -0.15) is 0 Å². The van der Waals surface area contributed by atoms with Gasteiger partial charge in [0.15, 0.2) is 4.34 Å². The zero-order valence-corrected chi connectivity index (χ0v) is 12.1. The van der Waals surface area contributed by atoms with Gasteiger partial charge in [-0.15, -0.1) is 11.3 Å². The molecule has 0 aromatic carbocycles. The van der Waals surface area contributed by atoms with Crippen molar-refractivity contribution >= 4 is 35.0 Å². The van der Waals surface area contributed by atoms with Crippen LogP contribution in [0.15, 0.2) is 9.72 Å². The SMILES string of the molecule is CCOC(=O)C(Sc1nc(C)cs1)C(=O)OCC. The second kappa shape index (κ2) is 7.38. The predicted octanol–water partition coefficient (Wildman–Crippen LogP) is 2.04. The minimum atomic E-state index is -1.00. The molecule has 100 valence electrons. The van der Waals surface area contributed by atoms with E-state index in [-0.39, 0.29) is 13.2 Å². The third-order valence-electron chi connectivity index (χ3n) is 1.82. The second-order valence-electron chi connectivity index (χ2n) is 3.26. The van der Waals surface area contributed by atoms with Gasteiger partial charge < -0.3 is 9.47 Å². The normalized spacial score (nSPS) is 10.4. The maximum absolute atomic E-state index is 11.7. The van der Waals surface area contributed by atoms with Crippen LogP contribution in [0.5, 0.6) is 0 Å². The Hall–Kier alpha value is -1.08. The van der Waals surface area contributed by atoms with Crippen molar-refractivity contribution in [2.45, 2.75) is 30.4 Å². The number of nitrogens with zero attached hydrogens (tertiary/aromatic N) is 1. The molecule has 0 saturated carbocycles. The average molecular weight is 289 g/mol. The smallest absolute Gasteiger partial charge is 0.331 e. The molecule has 1 rings (SSSR count). The van der Waals surface area contributed by atoms with E-state index in [1.807, 2.05) is 12.3 Å². The van der Waals surface area contributed by atoms with Crippen molar-refractivity contribution < 1.29 is 19.1 Å². The number of ether oxygens (including phenoxy) is 2. The third kappa shape index (κ3) is 4.30. The van der Waals surface area contributed by atoms with Gasteiger partial charge in [-0.05, 0) is 20.8 Å². The van der Waals surface area contributed by atoms with Gasteiger partial charge in [0.1, 0.15) is 0 Å². The zero-order valence-electron chi connectivity index (χ0n) is 10.5. The molecule has 18 heavy (non-hydrogen) atoms. The molecule has 0 amide bonds. The summed E-state index contributed by atoms with van der Waals surface area (Å²) in [5.41, 5.74) is 0.856. The van der Waals surface area contributed by atoms with Crippen LogP contribution in [-0.4, -0.2) is 35.4 Å². The fourth-order valence-corrected chi connectivity index (χ4v) is 3.02. The van der Waals surface area contributed by atoms with E-state index < -0.39 is 17.2 Å². The molecule has 0 atom stereocenters. The molecule has 0 N–H and O–H groups in total. The molecule has 5 nitrogen and oxygen atoms in total. The van der Waals surface area contributed by atoms with Crippen LogP contribution in [0, 0.1) is 6.92 Å². The molecule has 0 saturated heterocycles. The van der Waals surface area contributed by atoms with Crippen LogP contribution in [0.3, 0.4) is 0 Å². The van der Waals surface area contributed by atoms with Gasteiger partial charge in [0.2, 0.25) is 5.25 Å². The summed E-state index contributed by atoms with van der Waals surface area (Å²) in [6, 6.07) is 0. The Balaban J connectivity index is 2.76. The fourth-order valence-electron chi connectivity index (χ4n) is 1.12. The van der Waals surface area contributed by atoms with Crippen LogP contribution in [0.25, 0.3) is 0 Å². The summed E-state index contributed by atoms with van der Waals surface area (Å²) in [5.74, 6) is -1.18. The number of hydrogen-bond acceptors (Lipinski definition) is 7. The highest BCUT2D eigenvalue weighted by atomic mass is 32.2. The molecule has 1 aromatic rings. The Bertz CT molecular complexity index is 401. The summed E-state index contributed by atoms with van der Waals surface area (Å²) >= 11 is 2.45. The van der Waals surface area contributed by atoms with Crippen LogP contribution in [-0.2, 0) is 19.1 Å². The Morgan fingerprint density at radius 1 is 1.33 bits per heavy atom. The summed E-state index contributed by atoms with van der Waals surface area (Å²) in [7, 11) is 0. The van der Waals surface area contributed by atoms with Crippen molar-refractivity contribution in [3.05, 3.63) is 11.1 Å². The Labute approximate surface area is 114 Å². The fraction of sp³-hybridized carbons (Fsp3) is 0.545. The lowest BCUT2D eigenvalue weighted by atomic mass is 10.4. The maximum atomic E-state index is 11.7. The van der Waals surface area contributed by atoms with Crippen LogP contribution in [0.4, 0.5) is 0 Å². The van der Waals surface area contributed by atoms with Crippen molar-refractivity contribution in [1.82, 2.24) is 4.98 Å². The second-order valence-corrected chi connectivity index (χ2v) is 5.47. The van der Waals surface area contributed by atoms with E-state index in [1.54, 1.807) is 13.8 Å². The molecule has 0 aliphatic rings. The lowest BCUT2D eigenvalue weighted by Gasteiger charge is -2.12. The molecule has 7 heteroatoms. The number of rotatable bonds is 6. The largest absolute Gasteiger partial charge is 0.465 e. The quantitative estimate of drug-likeness (QED) is 0.453. The van der Waals surface area contributed by atoms with Gasteiger partial charge in [0.25, 0.3) is 0 Å². The van der Waals surface area contributed by atoms with Crippen molar-refractivity contribution in [2.24, 2.45) is 0 Å². The minimum Gasteiger partial charge on any atom is -0.465 e. The summed E-state index contributed by atoms with van der Waals surface area (Å²) < 4.78 is 10.4. The molecule has 0 bridgehead atoms. The Kier molecular flexibility index (Phi) is 6.14. The molecular formula is C11H15NO4S2. The number of esters is 2. The Morgan fingerprint density at radius 3 is 2.28 bits per heavy atom. The van der Waals surface area contributed by atoms with Gasteiger partial charge in [0.05, 0.1) is 13.2 Å². The van der Waals surface area contributed by atoms with E-state index in [0.717, 1.165) is 17.5 Å². The molecule has 0 unspecified atom stereocenters. The number of carbonyl (C=O) groups excluding carboxylic acids is 2. The van der Waals surface area contributed by atoms with Gasteiger partial charge in [-0.3, -0.25) is 9.59 Å². The lowest BCUT2D eigenvalue weighted by molar-refractivity contribution is -0.152. The van der Waals surface area contributed by atoms with Crippen LogP contribution in [0.2, 0.25) is 0 Å². The summed E-state index contributed by atoms with van der Waals surface area (Å²) in [4.78, 5) is 27.6. The van der Waals surface area contributed by atoms with E-state index in [2.05, 4.69) is 4.98 Å². The van der Waals surface area contributed by atoms with E-state index in [4.69, 9.17) is 9.47 Å². The standard InChI is InChI=1S/C11H15NO4S2/c1-4-15-9(13)8(10(14)16-5-2)18-11-12-7(3)6-17-11/h6,8H,4-5H2,1-3H3. The number of aromatic nitrogens is 1. The molecule has 1 heterocycles. The summed E-state index contributed by atoms with van der Waals surface area (Å²) in [6.45, 7) is 5.69. The van der Waals surface area contributed by atoms with Crippen molar-refractivity contribution in [1.29, 1.82) is 0 Å². The summed E-state index contributed by atoms with van der Waals surface area (Å²) in [5, 5.41) is 0.853. The molecule has 0 fully saturated rings. The highest BCUT2D eigenvalue weighted by Gasteiger charge is 2.31. The number of hydrogen-bond donors (Lipinski definition) is 0. The van der Waals surface area contributed by atoms with Crippen molar-refractivity contribution in [3.8, 4) is 0 Å². The zero-order chi connectivity index (χ0) is 13.5. The van der Waals surface area contributed by atoms with Crippen LogP contribution >= 0.6 is 23.1 Å². The first-order valence-corrected chi connectivity index (χ1v) is 7.26. The van der Waals surface area contributed by atoms with Crippen LogP contribution in [0.1, 0.15) is 19.5 Å². The number of thioether (sulfide) groups is 1. The molecule has 0 spiro atoms. The van der Waals surface area contributed by atoms with Gasteiger partial charge in [-0.25, -0.2) is 4.98 Å². The highest BCUT2D eigenvalue weighted by molar-refractivity contribution is 8.02. The van der Waals surface area contributed by atoms with E-state index in [0.29, 0.717) is 4.34 Å². The van der Waals surface area contributed by atoms with Crippen molar-refractivity contribution in [2.75, 3.05) is 13.2 Å². The van der Waals surface area contributed by atoms with E-state index in [9.17, 15) is 9.59 Å². The number of carbonyl (C=O) groups is 2. The molecular weight excluding hydrogens is 274 g/mol. The van der Waals surface area contributed by atoms with Crippen LogP contribution < -0.4 is 0 Å². The topological polar surface area (TPSA) is 65.5 Å².